The normalized spacial score (nSPS) is 18.6. The van der Waals surface area contributed by atoms with Crippen LogP contribution >= 0.6 is 0 Å². The third kappa shape index (κ3) is 3.26. The van der Waals surface area contributed by atoms with Gasteiger partial charge in [0.2, 0.25) is 0 Å². The minimum Gasteiger partial charge on any atom is -0.289 e. The van der Waals surface area contributed by atoms with Crippen LogP contribution in [0.5, 0.6) is 0 Å². The lowest BCUT2D eigenvalue weighted by Gasteiger charge is -2.24. The Morgan fingerprint density at radius 2 is 0.719 bits per heavy atom. The van der Waals surface area contributed by atoms with E-state index in [1.807, 2.05) is 53.7 Å². The molecule has 0 bridgehead atoms. The summed E-state index contributed by atoms with van der Waals surface area (Å²) in [4.78, 5) is 25.9. The van der Waals surface area contributed by atoms with Gasteiger partial charge in [-0.2, -0.15) is 0 Å². The fourth-order valence-electron chi connectivity index (χ4n) is 4.60. The van der Waals surface area contributed by atoms with Crippen molar-refractivity contribution in [2.24, 2.45) is 0 Å². The summed E-state index contributed by atoms with van der Waals surface area (Å²) in [6, 6.07) is 8.28. The third-order valence-corrected chi connectivity index (χ3v) is 7.37. The Kier molecular flexibility index (Phi) is 5.29. The van der Waals surface area contributed by atoms with Gasteiger partial charge in [-0.3, -0.25) is 9.59 Å². The number of allylic oxidation sites excluding steroid dienone is 8. The van der Waals surface area contributed by atoms with Gasteiger partial charge in [-0.1, -0.05) is 24.3 Å². The number of rotatable bonds is 1. The van der Waals surface area contributed by atoms with Gasteiger partial charge < -0.3 is 0 Å². The van der Waals surface area contributed by atoms with Crippen molar-refractivity contribution in [3.8, 4) is 0 Å². The maximum absolute atomic E-state index is 13.0. The molecular weight excluding hydrogens is 392 g/mol. The Morgan fingerprint density at radius 1 is 0.438 bits per heavy atom. The first kappa shape index (κ1) is 22.0. The molecule has 0 saturated heterocycles. The Morgan fingerprint density at radius 3 is 1.03 bits per heavy atom. The van der Waals surface area contributed by atoms with Gasteiger partial charge in [0.05, 0.1) is 0 Å². The number of hydrogen-bond donors (Lipinski definition) is 0. The van der Waals surface area contributed by atoms with E-state index in [0.717, 1.165) is 66.8 Å². The predicted octanol–water partition coefficient (Wildman–Crippen LogP) is 7.45. The molecule has 0 heterocycles. The third-order valence-electron chi connectivity index (χ3n) is 7.37. The molecule has 0 spiro atoms. The van der Waals surface area contributed by atoms with Crippen LogP contribution in [0.4, 0.5) is 0 Å². The largest absolute Gasteiger partial charge is 0.289 e. The van der Waals surface area contributed by atoms with Gasteiger partial charge in [0.1, 0.15) is 0 Å². The fourth-order valence-corrected chi connectivity index (χ4v) is 4.60. The van der Waals surface area contributed by atoms with E-state index in [-0.39, 0.29) is 11.6 Å². The number of aryl methyl sites for hydroxylation is 4. The highest BCUT2D eigenvalue weighted by molar-refractivity contribution is 6.18. The maximum atomic E-state index is 13.0. The fraction of sp³-hybridized carbons (Fsp3) is 0.267. The van der Waals surface area contributed by atoms with Crippen molar-refractivity contribution in [3.05, 3.63) is 103 Å². The molecule has 162 valence electrons. The molecule has 32 heavy (non-hydrogen) atoms. The number of carbonyl (C=O) groups is 2. The van der Waals surface area contributed by atoms with E-state index in [0.29, 0.717) is 0 Å². The van der Waals surface area contributed by atoms with E-state index in [1.54, 1.807) is 0 Å². The second kappa shape index (κ2) is 7.70. The van der Waals surface area contributed by atoms with E-state index in [1.165, 1.54) is 11.1 Å². The van der Waals surface area contributed by atoms with E-state index in [9.17, 15) is 9.59 Å². The zero-order chi connectivity index (χ0) is 23.5. The molecule has 2 heteroatoms. The first-order valence-electron chi connectivity index (χ1n) is 11.1. The number of benzene rings is 2. The van der Waals surface area contributed by atoms with E-state index in [2.05, 4.69) is 38.1 Å². The molecule has 0 aliphatic heterocycles. The van der Waals surface area contributed by atoms with Crippen molar-refractivity contribution in [1.29, 1.82) is 0 Å². The van der Waals surface area contributed by atoms with Gasteiger partial charge in [-0.25, -0.2) is 0 Å². The van der Waals surface area contributed by atoms with Crippen LogP contribution in [0.1, 0.15) is 81.8 Å². The Labute approximate surface area is 191 Å². The van der Waals surface area contributed by atoms with Crippen LogP contribution in [-0.2, 0) is 0 Å². The molecule has 0 atom stereocenters. The molecule has 2 aliphatic rings. The van der Waals surface area contributed by atoms with Crippen molar-refractivity contribution in [2.45, 2.75) is 55.4 Å². The van der Waals surface area contributed by atoms with Crippen LogP contribution in [0.2, 0.25) is 0 Å². The molecular formula is C30H30O2. The van der Waals surface area contributed by atoms with Gasteiger partial charge in [0, 0.05) is 22.3 Å². The number of fused-ring (bicyclic) bond motifs is 2. The van der Waals surface area contributed by atoms with E-state index in [4.69, 9.17) is 0 Å². The van der Waals surface area contributed by atoms with E-state index < -0.39 is 0 Å². The van der Waals surface area contributed by atoms with Crippen molar-refractivity contribution in [3.63, 3.8) is 0 Å². The van der Waals surface area contributed by atoms with Crippen LogP contribution in [-0.4, -0.2) is 11.6 Å². The summed E-state index contributed by atoms with van der Waals surface area (Å²) in [7, 11) is 0. The molecule has 0 fully saturated rings. The molecule has 0 unspecified atom stereocenters. The standard InChI is InChI=1S/C30H30O2/c1-15-11-25-23(19(5)21(7)29(31)27(25)13-17(15)3)9-10-24-20(6)22(8)30(32)28-14-18(4)16(2)12-26(24)28/h9-14H,1-8H3/b23-9-,24-10-. The zero-order valence-electron chi connectivity index (χ0n) is 20.3. The summed E-state index contributed by atoms with van der Waals surface area (Å²) in [6.45, 7) is 16.1. The number of carbonyl (C=O) groups excluding carboxylic acids is 2. The second-order valence-corrected chi connectivity index (χ2v) is 9.28. The minimum absolute atomic E-state index is 0.108. The summed E-state index contributed by atoms with van der Waals surface area (Å²) >= 11 is 0. The molecule has 0 radical (unpaired) electrons. The highest BCUT2D eigenvalue weighted by Gasteiger charge is 2.27. The first-order valence-corrected chi connectivity index (χ1v) is 11.1. The van der Waals surface area contributed by atoms with Crippen molar-refractivity contribution in [1.82, 2.24) is 0 Å². The smallest absolute Gasteiger partial charge is 0.189 e. The lowest BCUT2D eigenvalue weighted by Crippen LogP contribution is -2.15. The quantitative estimate of drug-likeness (QED) is 0.478. The van der Waals surface area contributed by atoms with Crippen LogP contribution in [0.15, 0.2) is 58.7 Å². The van der Waals surface area contributed by atoms with Crippen LogP contribution in [0.3, 0.4) is 0 Å². The molecule has 2 aromatic carbocycles. The van der Waals surface area contributed by atoms with Gasteiger partial charge in [0.25, 0.3) is 0 Å². The van der Waals surface area contributed by atoms with Crippen molar-refractivity contribution < 1.29 is 9.59 Å². The topological polar surface area (TPSA) is 34.1 Å². The molecule has 4 rings (SSSR count). The summed E-state index contributed by atoms with van der Waals surface area (Å²) in [5.41, 5.74) is 13.9. The Balaban J connectivity index is 1.98. The molecule has 0 amide bonds. The highest BCUT2D eigenvalue weighted by Crippen LogP contribution is 2.39. The molecule has 2 nitrogen and oxygen atoms in total. The molecule has 2 aromatic rings. The summed E-state index contributed by atoms with van der Waals surface area (Å²) in [5, 5.41) is 0. The Bertz CT molecular complexity index is 1250. The number of Topliss-reactive ketones (excluding diaryl/α,β-unsaturated/α-hetero) is 2. The van der Waals surface area contributed by atoms with Crippen molar-refractivity contribution in [2.75, 3.05) is 0 Å². The summed E-state index contributed by atoms with van der Waals surface area (Å²) < 4.78 is 0. The van der Waals surface area contributed by atoms with Gasteiger partial charge in [0.15, 0.2) is 11.6 Å². The Hall–Kier alpha value is -3.26. The van der Waals surface area contributed by atoms with Crippen LogP contribution < -0.4 is 0 Å². The van der Waals surface area contributed by atoms with Crippen molar-refractivity contribution >= 4 is 22.7 Å². The number of ketones is 2. The van der Waals surface area contributed by atoms with Gasteiger partial charge in [-0.05, 0) is 123 Å². The summed E-state index contributed by atoms with van der Waals surface area (Å²) in [6.07, 6.45) is 4.25. The lowest BCUT2D eigenvalue weighted by atomic mass is 9.79. The van der Waals surface area contributed by atoms with Crippen LogP contribution in [0, 0.1) is 27.7 Å². The van der Waals surface area contributed by atoms with Crippen LogP contribution in [0.25, 0.3) is 11.1 Å². The minimum atomic E-state index is 0.108. The first-order chi connectivity index (χ1) is 15.0. The predicted molar refractivity (Wildman–Crippen MR) is 133 cm³/mol. The van der Waals surface area contributed by atoms with Gasteiger partial charge in [-0.15, -0.1) is 0 Å². The van der Waals surface area contributed by atoms with Gasteiger partial charge >= 0.3 is 0 Å². The van der Waals surface area contributed by atoms with E-state index >= 15 is 0 Å². The monoisotopic (exact) mass is 422 g/mol. The summed E-state index contributed by atoms with van der Waals surface area (Å²) in [5.74, 6) is 0.217. The molecule has 2 aliphatic carbocycles. The maximum Gasteiger partial charge on any atom is 0.189 e. The SMILES string of the molecule is CC1=C(C)/C(=C/C=C2/C(C)=C(C)C(=O)c3cc(C)c(C)cc32)c2cc(C)c(C)cc2C1=O. The average Bonchev–Trinajstić information content (AvgIpc) is 2.75. The number of hydrogen-bond acceptors (Lipinski definition) is 2. The highest BCUT2D eigenvalue weighted by atomic mass is 16.1. The molecule has 0 saturated carbocycles. The second-order valence-electron chi connectivity index (χ2n) is 9.28. The lowest BCUT2D eigenvalue weighted by molar-refractivity contribution is 0.102. The molecule has 0 N–H and O–H groups in total. The average molecular weight is 423 g/mol. The molecule has 0 aromatic heterocycles. The zero-order valence-corrected chi connectivity index (χ0v) is 20.3.